The van der Waals surface area contributed by atoms with Crippen LogP contribution in [0.15, 0.2) is 55.1 Å². The third kappa shape index (κ3) is 4.44. The molecule has 0 aliphatic heterocycles. The first-order valence-electron chi connectivity index (χ1n) is 10.5. The average Bonchev–Trinajstić information content (AvgIpc) is 3.15. The van der Waals surface area contributed by atoms with E-state index in [1.807, 2.05) is 19.1 Å². The number of hydrogen-bond donors (Lipinski definition) is 2. The Labute approximate surface area is 187 Å². The van der Waals surface area contributed by atoms with E-state index in [2.05, 4.69) is 75.7 Å². The maximum Gasteiger partial charge on any atom is 0.271 e. The first-order chi connectivity index (χ1) is 15.2. The number of aryl methyl sites for hydroxylation is 1. The van der Waals surface area contributed by atoms with Crippen LogP contribution in [0.4, 0.5) is 11.5 Å². The van der Waals surface area contributed by atoms with Crippen molar-refractivity contribution in [2.75, 3.05) is 5.32 Å². The largest absolute Gasteiger partial charge is 0.344 e. The molecule has 0 saturated heterocycles. The van der Waals surface area contributed by atoms with E-state index in [0.29, 0.717) is 16.7 Å². The normalized spacial score (nSPS) is 12.5. The second-order valence-corrected chi connectivity index (χ2v) is 8.85. The number of rotatable bonds is 5. The van der Waals surface area contributed by atoms with Gasteiger partial charge < -0.3 is 10.6 Å². The van der Waals surface area contributed by atoms with E-state index < -0.39 is 0 Å². The second-order valence-electron chi connectivity index (χ2n) is 8.85. The van der Waals surface area contributed by atoms with Gasteiger partial charge >= 0.3 is 0 Å². The molecule has 3 heterocycles. The van der Waals surface area contributed by atoms with E-state index in [1.54, 1.807) is 24.1 Å². The average molecular weight is 430 g/mol. The molecule has 1 atom stereocenters. The van der Waals surface area contributed by atoms with E-state index in [-0.39, 0.29) is 17.4 Å². The Hall–Kier alpha value is -3.81. The van der Waals surface area contributed by atoms with Crippen LogP contribution in [0.1, 0.15) is 55.4 Å². The molecule has 4 aromatic rings. The zero-order valence-corrected chi connectivity index (χ0v) is 18.9. The van der Waals surface area contributed by atoms with Gasteiger partial charge in [-0.3, -0.25) is 9.48 Å². The summed E-state index contributed by atoms with van der Waals surface area (Å²) < 4.78 is 1.61. The molecule has 3 aromatic heterocycles. The molecular formula is C24H27N7O. The van der Waals surface area contributed by atoms with Gasteiger partial charge in [0.25, 0.3) is 5.91 Å². The molecule has 0 saturated carbocycles. The molecule has 1 aromatic carbocycles. The van der Waals surface area contributed by atoms with Crippen LogP contribution in [0.3, 0.4) is 0 Å². The van der Waals surface area contributed by atoms with Crippen LogP contribution >= 0.6 is 0 Å². The lowest BCUT2D eigenvalue weighted by Crippen LogP contribution is -2.27. The van der Waals surface area contributed by atoms with E-state index in [4.69, 9.17) is 0 Å². The molecule has 164 valence electrons. The fourth-order valence-corrected chi connectivity index (χ4v) is 3.43. The molecule has 32 heavy (non-hydrogen) atoms. The highest BCUT2D eigenvalue weighted by Crippen LogP contribution is 2.25. The van der Waals surface area contributed by atoms with Crippen LogP contribution in [0.5, 0.6) is 0 Å². The predicted molar refractivity (Wildman–Crippen MR) is 125 cm³/mol. The number of nitrogens with zero attached hydrogens (tertiary/aromatic N) is 5. The molecule has 0 bridgehead atoms. The fourth-order valence-electron chi connectivity index (χ4n) is 3.43. The van der Waals surface area contributed by atoms with Gasteiger partial charge in [-0.2, -0.15) is 5.10 Å². The third-order valence-electron chi connectivity index (χ3n) is 5.40. The third-order valence-corrected chi connectivity index (χ3v) is 5.40. The van der Waals surface area contributed by atoms with Crippen molar-refractivity contribution in [1.29, 1.82) is 0 Å². The van der Waals surface area contributed by atoms with Crippen LogP contribution in [0.2, 0.25) is 0 Å². The molecule has 0 spiro atoms. The minimum absolute atomic E-state index is 0.119. The van der Waals surface area contributed by atoms with Crippen LogP contribution in [-0.2, 0) is 12.5 Å². The van der Waals surface area contributed by atoms with Gasteiger partial charge in [-0.05, 0) is 41.7 Å². The van der Waals surface area contributed by atoms with Gasteiger partial charge in [0.1, 0.15) is 17.8 Å². The van der Waals surface area contributed by atoms with E-state index >= 15 is 0 Å². The van der Waals surface area contributed by atoms with Crippen molar-refractivity contribution >= 4 is 28.4 Å². The zero-order chi connectivity index (χ0) is 22.9. The van der Waals surface area contributed by atoms with Crippen LogP contribution in [-0.4, -0.2) is 30.6 Å². The Morgan fingerprint density at radius 1 is 1.00 bits per heavy atom. The van der Waals surface area contributed by atoms with Crippen LogP contribution in [0.25, 0.3) is 11.0 Å². The number of pyridine rings is 1. The van der Waals surface area contributed by atoms with Crippen LogP contribution < -0.4 is 10.6 Å². The number of aromatic nitrogens is 5. The van der Waals surface area contributed by atoms with Crippen molar-refractivity contribution in [2.24, 2.45) is 7.05 Å². The number of carbonyl (C=O) groups is 1. The van der Waals surface area contributed by atoms with E-state index in [9.17, 15) is 4.79 Å². The van der Waals surface area contributed by atoms with E-state index in [1.165, 1.54) is 11.9 Å². The van der Waals surface area contributed by atoms with Gasteiger partial charge in [0.15, 0.2) is 5.65 Å². The molecule has 0 fully saturated rings. The molecule has 1 unspecified atom stereocenters. The summed E-state index contributed by atoms with van der Waals surface area (Å²) in [5.41, 5.74) is 4.19. The molecular weight excluding hydrogens is 402 g/mol. The van der Waals surface area contributed by atoms with Gasteiger partial charge in [-0.15, -0.1) is 0 Å². The Morgan fingerprint density at radius 2 is 1.75 bits per heavy atom. The highest BCUT2D eigenvalue weighted by Gasteiger charge is 2.18. The monoisotopic (exact) mass is 429 g/mol. The number of hydrogen-bond acceptors (Lipinski definition) is 6. The Bertz CT molecular complexity index is 1240. The van der Waals surface area contributed by atoms with Crippen molar-refractivity contribution in [2.45, 2.75) is 39.2 Å². The summed E-state index contributed by atoms with van der Waals surface area (Å²) in [6.45, 7) is 8.49. The van der Waals surface area contributed by atoms with E-state index in [0.717, 1.165) is 17.1 Å². The van der Waals surface area contributed by atoms with Gasteiger partial charge in [-0.1, -0.05) is 39.0 Å². The molecule has 0 radical (unpaired) electrons. The lowest BCUT2D eigenvalue weighted by atomic mass is 9.87. The molecule has 2 N–H and O–H groups in total. The minimum atomic E-state index is -0.279. The van der Waals surface area contributed by atoms with Crippen molar-refractivity contribution in [3.05, 3.63) is 71.9 Å². The summed E-state index contributed by atoms with van der Waals surface area (Å²) in [7, 11) is 1.78. The number of amides is 1. The number of fused-ring (bicyclic) bond motifs is 1. The van der Waals surface area contributed by atoms with Gasteiger partial charge in [0.05, 0.1) is 17.6 Å². The summed E-state index contributed by atoms with van der Waals surface area (Å²) in [5, 5.41) is 11.1. The zero-order valence-electron chi connectivity index (χ0n) is 18.9. The summed E-state index contributed by atoms with van der Waals surface area (Å²) >= 11 is 0. The predicted octanol–water partition coefficient (Wildman–Crippen LogP) is 4.29. The van der Waals surface area contributed by atoms with Gasteiger partial charge in [0.2, 0.25) is 0 Å². The Balaban J connectivity index is 1.42. The molecule has 0 aliphatic rings. The number of nitrogens with one attached hydrogen (secondary N) is 2. The summed E-state index contributed by atoms with van der Waals surface area (Å²) in [5.74, 6) is 0.461. The first-order valence-corrected chi connectivity index (χ1v) is 10.5. The summed E-state index contributed by atoms with van der Waals surface area (Å²) in [6, 6.07) is 12.0. The van der Waals surface area contributed by atoms with Crippen LogP contribution in [0, 0.1) is 0 Å². The molecule has 8 heteroatoms. The van der Waals surface area contributed by atoms with Crippen molar-refractivity contribution in [3.8, 4) is 0 Å². The highest BCUT2D eigenvalue weighted by atomic mass is 16.1. The minimum Gasteiger partial charge on any atom is -0.344 e. The standard InChI is InChI=1S/C24H27N7O/c1-15(29-23(32)21-19-13-28-31(5)22(19)27-14-26-21)16-6-11-20(25-12-16)30-18-9-7-17(8-10-18)24(2,3)4/h6-15H,1-5H3,(H,25,30)(H,29,32). The highest BCUT2D eigenvalue weighted by molar-refractivity contribution is 6.03. The number of carbonyl (C=O) groups excluding carboxylic acids is 1. The lowest BCUT2D eigenvalue weighted by Gasteiger charge is -2.19. The first kappa shape index (κ1) is 21.4. The number of anilines is 2. The number of benzene rings is 1. The Kier molecular flexibility index (Phi) is 5.61. The molecule has 4 rings (SSSR count). The Morgan fingerprint density at radius 3 is 2.41 bits per heavy atom. The topological polar surface area (TPSA) is 97.6 Å². The SMILES string of the molecule is CC(NC(=O)c1ncnc2c1cnn2C)c1ccc(Nc2ccc(C(C)(C)C)cc2)nc1. The maximum atomic E-state index is 12.8. The molecule has 1 amide bonds. The second kappa shape index (κ2) is 8.37. The smallest absolute Gasteiger partial charge is 0.271 e. The summed E-state index contributed by atoms with van der Waals surface area (Å²) in [6.07, 6.45) is 4.74. The van der Waals surface area contributed by atoms with Crippen molar-refractivity contribution in [1.82, 2.24) is 30.0 Å². The maximum absolute atomic E-state index is 12.8. The fraction of sp³-hybridized carbons (Fsp3) is 0.292. The van der Waals surface area contributed by atoms with Gasteiger partial charge in [-0.25, -0.2) is 15.0 Å². The molecule has 0 aliphatic carbocycles. The molecule has 8 nitrogen and oxygen atoms in total. The quantitative estimate of drug-likeness (QED) is 0.491. The summed E-state index contributed by atoms with van der Waals surface area (Å²) in [4.78, 5) is 25.6. The van der Waals surface area contributed by atoms with Gasteiger partial charge in [0, 0.05) is 18.9 Å². The van der Waals surface area contributed by atoms with Crippen molar-refractivity contribution < 1.29 is 4.79 Å². The van der Waals surface area contributed by atoms with Crippen molar-refractivity contribution in [3.63, 3.8) is 0 Å². The lowest BCUT2D eigenvalue weighted by molar-refractivity contribution is 0.0936.